The highest BCUT2D eigenvalue weighted by Gasteiger charge is 2.23. The van der Waals surface area contributed by atoms with Crippen molar-refractivity contribution in [3.8, 4) is 5.75 Å². The van der Waals surface area contributed by atoms with Gasteiger partial charge in [-0.15, -0.1) is 10.2 Å². The zero-order valence-corrected chi connectivity index (χ0v) is 17.8. The molecule has 1 aromatic heterocycles. The van der Waals surface area contributed by atoms with Gasteiger partial charge in [0.05, 0.1) is 0 Å². The van der Waals surface area contributed by atoms with Gasteiger partial charge in [-0.1, -0.05) is 30.7 Å². The zero-order chi connectivity index (χ0) is 19.9. The largest absolute Gasteiger partial charge is 0.484 e. The minimum absolute atomic E-state index is 0.0395. The van der Waals surface area contributed by atoms with Gasteiger partial charge in [-0.25, -0.2) is 0 Å². The van der Waals surface area contributed by atoms with Crippen molar-refractivity contribution in [2.24, 2.45) is 0 Å². The molecular formula is C21H30N4O2S. The summed E-state index contributed by atoms with van der Waals surface area (Å²) >= 11 is 1.66. The molecule has 0 saturated heterocycles. The van der Waals surface area contributed by atoms with Crippen LogP contribution in [0.5, 0.6) is 5.75 Å². The summed E-state index contributed by atoms with van der Waals surface area (Å²) in [7, 11) is 0. The van der Waals surface area contributed by atoms with Gasteiger partial charge in [0.15, 0.2) is 11.8 Å². The van der Waals surface area contributed by atoms with E-state index in [0.29, 0.717) is 12.6 Å². The lowest BCUT2D eigenvalue weighted by atomic mass is 10.1. The molecule has 1 saturated carbocycles. The third-order valence-corrected chi connectivity index (χ3v) is 5.72. The van der Waals surface area contributed by atoms with Crippen LogP contribution in [-0.4, -0.2) is 40.1 Å². The summed E-state index contributed by atoms with van der Waals surface area (Å²) < 4.78 is 7.93. The number of amides is 1. The Kier molecular flexibility index (Phi) is 7.36. The van der Waals surface area contributed by atoms with Crippen LogP contribution in [0.4, 0.5) is 0 Å². The second-order valence-corrected chi connectivity index (χ2v) is 8.25. The molecule has 1 aliphatic rings. The molecule has 0 radical (unpaired) electrons. The van der Waals surface area contributed by atoms with Crippen molar-refractivity contribution < 1.29 is 9.53 Å². The molecule has 0 atom stereocenters. The first-order valence-electron chi connectivity index (χ1n) is 10.0. The van der Waals surface area contributed by atoms with E-state index in [1.54, 1.807) is 11.8 Å². The number of hydrogen-bond donors (Lipinski definition) is 1. The van der Waals surface area contributed by atoms with Crippen molar-refractivity contribution in [1.29, 1.82) is 0 Å². The lowest BCUT2D eigenvalue weighted by Crippen LogP contribution is -2.30. The van der Waals surface area contributed by atoms with Gasteiger partial charge in [0.2, 0.25) is 0 Å². The Hall–Kier alpha value is -2.02. The molecule has 0 spiro atoms. The number of aromatic nitrogens is 3. The first kappa shape index (κ1) is 20.7. The maximum absolute atomic E-state index is 12.1. The zero-order valence-electron chi connectivity index (χ0n) is 17.0. The van der Waals surface area contributed by atoms with E-state index in [4.69, 9.17) is 4.74 Å². The Morgan fingerprint density at radius 3 is 2.61 bits per heavy atom. The summed E-state index contributed by atoms with van der Waals surface area (Å²) in [6.07, 6.45) is 8.71. The second-order valence-electron chi connectivity index (χ2n) is 7.48. The predicted molar refractivity (Wildman–Crippen MR) is 112 cm³/mol. The van der Waals surface area contributed by atoms with Gasteiger partial charge in [0, 0.05) is 19.0 Å². The highest BCUT2D eigenvalue weighted by atomic mass is 32.2. The Morgan fingerprint density at radius 2 is 1.93 bits per heavy atom. The van der Waals surface area contributed by atoms with E-state index in [1.165, 1.54) is 25.7 Å². The summed E-state index contributed by atoms with van der Waals surface area (Å²) in [5.74, 6) is 1.68. The molecule has 6 nitrogen and oxygen atoms in total. The van der Waals surface area contributed by atoms with Crippen LogP contribution < -0.4 is 10.1 Å². The summed E-state index contributed by atoms with van der Waals surface area (Å²) in [5.41, 5.74) is 2.26. The van der Waals surface area contributed by atoms with Crippen molar-refractivity contribution >= 4 is 17.7 Å². The van der Waals surface area contributed by atoms with Gasteiger partial charge in [-0.2, -0.15) is 0 Å². The molecule has 1 amide bonds. The van der Waals surface area contributed by atoms with Crippen LogP contribution in [-0.2, 0) is 11.2 Å². The molecule has 2 aromatic rings. The Balaban J connectivity index is 1.43. The highest BCUT2D eigenvalue weighted by molar-refractivity contribution is 7.98. The van der Waals surface area contributed by atoms with E-state index < -0.39 is 0 Å². The van der Waals surface area contributed by atoms with Crippen LogP contribution >= 0.6 is 11.8 Å². The van der Waals surface area contributed by atoms with E-state index in [2.05, 4.69) is 32.4 Å². The number of ether oxygens (including phenoxy) is 1. The summed E-state index contributed by atoms with van der Waals surface area (Å²) in [6, 6.07) is 6.51. The Morgan fingerprint density at radius 1 is 1.21 bits per heavy atom. The average Bonchev–Trinajstić information content (AvgIpc) is 3.31. The van der Waals surface area contributed by atoms with Crippen LogP contribution in [0.1, 0.15) is 55.1 Å². The van der Waals surface area contributed by atoms with Gasteiger partial charge >= 0.3 is 0 Å². The number of rotatable bonds is 9. The van der Waals surface area contributed by atoms with Gasteiger partial charge in [0.1, 0.15) is 11.6 Å². The average molecular weight is 403 g/mol. The molecule has 0 unspecified atom stereocenters. The third kappa shape index (κ3) is 5.50. The van der Waals surface area contributed by atoms with E-state index in [9.17, 15) is 4.79 Å². The molecule has 152 valence electrons. The van der Waals surface area contributed by atoms with Crippen molar-refractivity contribution in [2.75, 3.05) is 19.4 Å². The van der Waals surface area contributed by atoms with Crippen LogP contribution in [0.3, 0.4) is 0 Å². The Labute approximate surface area is 171 Å². The molecule has 3 rings (SSSR count). The van der Waals surface area contributed by atoms with Crippen molar-refractivity contribution in [1.82, 2.24) is 20.1 Å². The topological polar surface area (TPSA) is 69.0 Å². The van der Waals surface area contributed by atoms with Crippen LogP contribution in [0, 0.1) is 13.8 Å². The normalized spacial score (nSPS) is 14.4. The second kappa shape index (κ2) is 9.96. The number of benzene rings is 1. The van der Waals surface area contributed by atoms with E-state index in [-0.39, 0.29) is 12.5 Å². The van der Waals surface area contributed by atoms with Crippen LogP contribution in [0.25, 0.3) is 0 Å². The quantitative estimate of drug-likeness (QED) is 0.509. The molecule has 0 aliphatic heterocycles. The predicted octanol–water partition coefficient (Wildman–Crippen LogP) is 3.86. The SMILES string of the molecule is CSc1nnc(CCCNC(=O)COc2cc(C)cc(C)c2)n1C1CCCC1. The summed E-state index contributed by atoms with van der Waals surface area (Å²) in [6.45, 7) is 4.69. The van der Waals surface area contributed by atoms with Crippen molar-refractivity contribution in [3.63, 3.8) is 0 Å². The first-order chi connectivity index (χ1) is 13.6. The number of carbonyl (C=O) groups is 1. The standard InChI is InChI=1S/C21H30N4O2S/c1-15-11-16(2)13-18(12-15)27-14-20(26)22-10-6-9-19-23-24-21(28-3)25(19)17-7-4-5-8-17/h11-13,17H,4-10,14H2,1-3H3,(H,22,26). The smallest absolute Gasteiger partial charge is 0.257 e. The molecule has 7 heteroatoms. The molecule has 1 fully saturated rings. The lowest BCUT2D eigenvalue weighted by Gasteiger charge is -2.16. The maximum atomic E-state index is 12.1. The fourth-order valence-corrected chi connectivity index (χ4v) is 4.41. The van der Waals surface area contributed by atoms with Crippen LogP contribution in [0.15, 0.2) is 23.4 Å². The fraction of sp³-hybridized carbons (Fsp3) is 0.571. The number of thioether (sulfide) groups is 1. The monoisotopic (exact) mass is 402 g/mol. The van der Waals surface area contributed by atoms with Crippen molar-refractivity contribution in [2.45, 2.75) is 63.6 Å². The van der Waals surface area contributed by atoms with Gasteiger partial charge in [-0.3, -0.25) is 4.79 Å². The third-order valence-electron chi connectivity index (χ3n) is 5.07. The highest BCUT2D eigenvalue weighted by Crippen LogP contribution is 2.33. The maximum Gasteiger partial charge on any atom is 0.257 e. The van der Waals surface area contributed by atoms with E-state index >= 15 is 0 Å². The van der Waals surface area contributed by atoms with Crippen LogP contribution in [0.2, 0.25) is 0 Å². The minimum Gasteiger partial charge on any atom is -0.484 e. The molecular weight excluding hydrogens is 372 g/mol. The summed E-state index contributed by atoms with van der Waals surface area (Å²) in [4.78, 5) is 12.1. The number of nitrogens with one attached hydrogen (secondary N) is 1. The van der Waals surface area contributed by atoms with Crippen molar-refractivity contribution in [3.05, 3.63) is 35.2 Å². The van der Waals surface area contributed by atoms with Gasteiger partial charge < -0.3 is 14.6 Å². The number of aryl methyl sites for hydroxylation is 3. The number of carbonyl (C=O) groups excluding carboxylic acids is 1. The molecule has 1 aromatic carbocycles. The van der Waals surface area contributed by atoms with E-state index in [0.717, 1.165) is 40.7 Å². The van der Waals surface area contributed by atoms with E-state index in [1.807, 2.05) is 26.0 Å². The molecule has 1 aliphatic carbocycles. The molecule has 28 heavy (non-hydrogen) atoms. The minimum atomic E-state index is -0.0961. The molecule has 0 bridgehead atoms. The molecule has 1 heterocycles. The molecule has 1 N–H and O–H groups in total. The van der Waals surface area contributed by atoms with Gasteiger partial charge in [0.25, 0.3) is 5.91 Å². The lowest BCUT2D eigenvalue weighted by molar-refractivity contribution is -0.123. The Bertz CT molecular complexity index is 779. The summed E-state index contributed by atoms with van der Waals surface area (Å²) in [5, 5.41) is 12.7. The fourth-order valence-electron chi connectivity index (χ4n) is 3.84. The number of hydrogen-bond acceptors (Lipinski definition) is 5. The number of nitrogens with zero attached hydrogens (tertiary/aromatic N) is 3. The van der Waals surface area contributed by atoms with Gasteiger partial charge in [-0.05, 0) is 62.6 Å². The first-order valence-corrected chi connectivity index (χ1v) is 11.2.